The van der Waals surface area contributed by atoms with Gasteiger partial charge in [-0.3, -0.25) is 4.79 Å². The number of hydrogen-bond donors (Lipinski definition) is 1. The Bertz CT molecular complexity index is 416. The predicted octanol–water partition coefficient (Wildman–Crippen LogP) is 4.15. The second-order valence-electron chi connectivity index (χ2n) is 6.59. The molecular weight excluding hydrogens is 234 g/mol. The number of benzene rings is 1. The largest absolute Gasteiger partial charge is 0.352 e. The van der Waals surface area contributed by atoms with E-state index in [0.29, 0.717) is 5.92 Å². The van der Waals surface area contributed by atoms with Gasteiger partial charge in [-0.1, -0.05) is 52.8 Å². The molecule has 0 radical (unpaired) electrons. The molecule has 0 spiro atoms. The molecule has 1 aromatic rings. The van der Waals surface area contributed by atoms with Crippen LogP contribution in [0, 0.1) is 5.92 Å². The summed E-state index contributed by atoms with van der Waals surface area (Å²) in [6.45, 7) is 11.6. The number of nitrogens with one attached hydrogen (secondary N) is 1. The third-order valence-corrected chi connectivity index (χ3v) is 3.22. The van der Waals surface area contributed by atoms with Gasteiger partial charge in [0.05, 0.1) is 0 Å². The summed E-state index contributed by atoms with van der Waals surface area (Å²) in [7, 11) is 0. The summed E-state index contributed by atoms with van der Waals surface area (Å²) in [5, 5.41) is 3.03. The van der Waals surface area contributed by atoms with Crippen molar-refractivity contribution < 1.29 is 4.79 Å². The van der Waals surface area contributed by atoms with Crippen LogP contribution >= 0.6 is 0 Å². The van der Waals surface area contributed by atoms with Gasteiger partial charge < -0.3 is 5.32 Å². The number of carbonyl (C=O) groups excluding carboxylic acids is 1. The lowest BCUT2D eigenvalue weighted by atomic mass is 9.83. The minimum absolute atomic E-state index is 0.00807. The van der Waals surface area contributed by atoms with Crippen LogP contribution in [0.2, 0.25) is 0 Å². The molecule has 0 aliphatic rings. The van der Waals surface area contributed by atoms with Gasteiger partial charge >= 0.3 is 0 Å². The zero-order valence-corrected chi connectivity index (χ0v) is 12.9. The highest BCUT2D eigenvalue weighted by atomic mass is 16.1. The molecule has 2 heteroatoms. The molecule has 1 N–H and O–H groups in total. The molecule has 19 heavy (non-hydrogen) atoms. The Hall–Kier alpha value is -1.31. The fraction of sp³-hybridized carbons (Fsp3) is 0.588. The molecule has 0 saturated heterocycles. The second kappa shape index (κ2) is 6.74. The maximum absolute atomic E-state index is 12.2. The third kappa shape index (κ3) is 5.06. The van der Waals surface area contributed by atoms with E-state index in [1.54, 1.807) is 0 Å². The van der Waals surface area contributed by atoms with Crippen LogP contribution in [0.4, 0.5) is 0 Å². The van der Waals surface area contributed by atoms with Crippen molar-refractivity contribution in [2.24, 2.45) is 5.92 Å². The number of carbonyl (C=O) groups is 1. The second-order valence-corrected chi connectivity index (χ2v) is 6.59. The minimum Gasteiger partial charge on any atom is -0.352 e. The molecule has 0 aliphatic carbocycles. The summed E-state index contributed by atoms with van der Waals surface area (Å²) in [6.07, 6.45) is 2.20. The molecule has 1 rings (SSSR count). The maximum Gasteiger partial charge on any atom is 0.251 e. The fourth-order valence-corrected chi connectivity index (χ4v) is 2.14. The van der Waals surface area contributed by atoms with Crippen molar-refractivity contribution in [1.29, 1.82) is 0 Å². The molecule has 0 atom stereocenters. The normalized spacial score (nSPS) is 11.7. The number of amides is 1. The molecule has 0 fully saturated rings. The Kier molecular flexibility index (Phi) is 5.59. The van der Waals surface area contributed by atoms with Crippen LogP contribution in [0.5, 0.6) is 0 Å². The molecule has 0 aliphatic heterocycles. The SMILES string of the molecule is CC(C)CCCNC(=O)c1ccccc1C(C)(C)C. The quantitative estimate of drug-likeness (QED) is 0.793. The highest BCUT2D eigenvalue weighted by Crippen LogP contribution is 2.25. The Morgan fingerprint density at radius 3 is 2.42 bits per heavy atom. The first-order valence-electron chi connectivity index (χ1n) is 7.20. The van der Waals surface area contributed by atoms with Crippen LogP contribution in [0.3, 0.4) is 0 Å². The van der Waals surface area contributed by atoms with Crippen LogP contribution in [-0.4, -0.2) is 12.5 Å². The fourth-order valence-electron chi connectivity index (χ4n) is 2.14. The molecule has 1 amide bonds. The third-order valence-electron chi connectivity index (χ3n) is 3.22. The summed E-state index contributed by atoms with van der Waals surface area (Å²) < 4.78 is 0. The lowest BCUT2D eigenvalue weighted by molar-refractivity contribution is 0.0950. The van der Waals surface area contributed by atoms with Crippen molar-refractivity contribution >= 4 is 5.91 Å². The average Bonchev–Trinajstić information content (AvgIpc) is 2.33. The Morgan fingerprint density at radius 1 is 1.21 bits per heavy atom. The van der Waals surface area contributed by atoms with Crippen LogP contribution in [0.25, 0.3) is 0 Å². The molecule has 2 nitrogen and oxygen atoms in total. The average molecular weight is 261 g/mol. The van der Waals surface area contributed by atoms with E-state index in [4.69, 9.17) is 0 Å². The van der Waals surface area contributed by atoms with E-state index < -0.39 is 0 Å². The van der Waals surface area contributed by atoms with Crippen LogP contribution in [0.1, 0.15) is 63.4 Å². The van der Waals surface area contributed by atoms with E-state index in [0.717, 1.165) is 30.5 Å². The van der Waals surface area contributed by atoms with Crippen molar-refractivity contribution in [3.05, 3.63) is 35.4 Å². The maximum atomic E-state index is 12.2. The Labute approximate surface area is 117 Å². The highest BCUT2D eigenvalue weighted by Gasteiger charge is 2.20. The van der Waals surface area contributed by atoms with Crippen molar-refractivity contribution in [3.63, 3.8) is 0 Å². The molecule has 0 unspecified atom stereocenters. The van der Waals surface area contributed by atoms with Gasteiger partial charge in [-0.05, 0) is 35.8 Å². The Balaban J connectivity index is 2.67. The summed E-state index contributed by atoms with van der Waals surface area (Å²) in [4.78, 5) is 12.2. The van der Waals surface area contributed by atoms with Crippen LogP contribution < -0.4 is 5.32 Å². The number of hydrogen-bond acceptors (Lipinski definition) is 1. The monoisotopic (exact) mass is 261 g/mol. The number of rotatable bonds is 5. The van der Waals surface area contributed by atoms with Crippen LogP contribution in [0.15, 0.2) is 24.3 Å². The van der Waals surface area contributed by atoms with Gasteiger partial charge in [-0.2, -0.15) is 0 Å². The molecule has 0 aromatic heterocycles. The van der Waals surface area contributed by atoms with Gasteiger partial charge in [0, 0.05) is 12.1 Å². The lowest BCUT2D eigenvalue weighted by Gasteiger charge is -2.22. The van der Waals surface area contributed by atoms with Crippen molar-refractivity contribution in [2.45, 2.75) is 52.9 Å². The molecular formula is C17H27NO. The van der Waals surface area contributed by atoms with Crippen molar-refractivity contribution in [1.82, 2.24) is 5.32 Å². The van der Waals surface area contributed by atoms with E-state index >= 15 is 0 Å². The summed E-state index contributed by atoms with van der Waals surface area (Å²) in [6, 6.07) is 7.88. The zero-order valence-electron chi connectivity index (χ0n) is 12.9. The molecule has 106 valence electrons. The molecule has 0 heterocycles. The predicted molar refractivity (Wildman–Crippen MR) is 81.5 cm³/mol. The van der Waals surface area contributed by atoms with Gasteiger partial charge in [-0.25, -0.2) is 0 Å². The van der Waals surface area contributed by atoms with E-state index in [9.17, 15) is 4.79 Å². The van der Waals surface area contributed by atoms with Gasteiger partial charge in [0.1, 0.15) is 0 Å². The molecule has 0 saturated carbocycles. The first-order valence-corrected chi connectivity index (χ1v) is 7.20. The Morgan fingerprint density at radius 2 is 1.84 bits per heavy atom. The topological polar surface area (TPSA) is 29.1 Å². The first-order chi connectivity index (χ1) is 8.82. The first kappa shape index (κ1) is 15.7. The van der Waals surface area contributed by atoms with E-state index in [1.807, 2.05) is 24.3 Å². The van der Waals surface area contributed by atoms with Gasteiger partial charge in [0.25, 0.3) is 5.91 Å². The minimum atomic E-state index is -0.00807. The van der Waals surface area contributed by atoms with Gasteiger partial charge in [-0.15, -0.1) is 0 Å². The standard InChI is InChI=1S/C17H27NO/c1-13(2)9-8-12-18-16(19)14-10-6-7-11-15(14)17(3,4)5/h6-7,10-11,13H,8-9,12H2,1-5H3,(H,18,19). The summed E-state index contributed by atoms with van der Waals surface area (Å²) in [5.74, 6) is 0.744. The highest BCUT2D eigenvalue weighted by molar-refractivity contribution is 5.96. The van der Waals surface area contributed by atoms with E-state index in [2.05, 4.69) is 39.9 Å². The molecule has 1 aromatic carbocycles. The van der Waals surface area contributed by atoms with E-state index in [1.165, 1.54) is 0 Å². The van der Waals surface area contributed by atoms with Crippen LogP contribution in [-0.2, 0) is 5.41 Å². The zero-order chi connectivity index (χ0) is 14.5. The summed E-state index contributed by atoms with van der Waals surface area (Å²) in [5.41, 5.74) is 1.90. The van der Waals surface area contributed by atoms with Gasteiger partial charge in [0.2, 0.25) is 0 Å². The van der Waals surface area contributed by atoms with Crippen molar-refractivity contribution in [2.75, 3.05) is 6.54 Å². The summed E-state index contributed by atoms with van der Waals surface area (Å²) >= 11 is 0. The van der Waals surface area contributed by atoms with Gasteiger partial charge in [0.15, 0.2) is 0 Å². The molecule has 0 bridgehead atoms. The smallest absolute Gasteiger partial charge is 0.251 e. The lowest BCUT2D eigenvalue weighted by Crippen LogP contribution is -2.28. The van der Waals surface area contributed by atoms with Crippen molar-refractivity contribution in [3.8, 4) is 0 Å². The van der Waals surface area contributed by atoms with E-state index in [-0.39, 0.29) is 11.3 Å².